The molecule has 5 rings (SSSR count). The van der Waals surface area contributed by atoms with Crippen molar-refractivity contribution in [1.82, 2.24) is 4.90 Å². The van der Waals surface area contributed by atoms with Crippen LogP contribution in [-0.2, 0) is 6.54 Å². The summed E-state index contributed by atoms with van der Waals surface area (Å²) >= 11 is 6.00. The number of amides is 1. The Labute approximate surface area is 167 Å². The topological polar surface area (TPSA) is 50.8 Å². The second kappa shape index (κ2) is 6.77. The molecule has 0 saturated heterocycles. The SMILES string of the molecule is O=C1c2ccccc2C(Nc2ccc(Cl)cc2)N1Cc1ccc2c(c1)OCO2. The summed E-state index contributed by atoms with van der Waals surface area (Å²) in [5.74, 6) is 1.44. The Hall–Kier alpha value is -3.18. The molecular formula is C22H17ClN2O3. The van der Waals surface area contributed by atoms with Gasteiger partial charge in [-0.1, -0.05) is 35.9 Å². The van der Waals surface area contributed by atoms with E-state index in [1.807, 2.05) is 71.6 Å². The van der Waals surface area contributed by atoms with Gasteiger partial charge in [0.05, 0.1) is 0 Å². The van der Waals surface area contributed by atoms with Crippen molar-refractivity contribution in [2.45, 2.75) is 12.7 Å². The van der Waals surface area contributed by atoms with Gasteiger partial charge in [-0.25, -0.2) is 0 Å². The van der Waals surface area contributed by atoms with Crippen molar-refractivity contribution in [1.29, 1.82) is 0 Å². The number of hydrogen-bond donors (Lipinski definition) is 1. The summed E-state index contributed by atoms with van der Waals surface area (Å²) in [6.45, 7) is 0.684. The number of anilines is 1. The number of carbonyl (C=O) groups excluding carboxylic acids is 1. The highest BCUT2D eigenvalue weighted by Crippen LogP contribution is 2.37. The Morgan fingerprint density at radius 3 is 2.64 bits per heavy atom. The van der Waals surface area contributed by atoms with E-state index in [1.54, 1.807) is 0 Å². The van der Waals surface area contributed by atoms with E-state index in [0.717, 1.165) is 28.1 Å². The molecule has 140 valence electrons. The summed E-state index contributed by atoms with van der Waals surface area (Å²) in [4.78, 5) is 14.9. The van der Waals surface area contributed by atoms with Crippen LogP contribution in [-0.4, -0.2) is 17.6 Å². The van der Waals surface area contributed by atoms with Crippen molar-refractivity contribution in [3.8, 4) is 11.5 Å². The average molecular weight is 393 g/mol. The minimum Gasteiger partial charge on any atom is -0.454 e. The molecule has 0 aliphatic carbocycles. The molecular weight excluding hydrogens is 376 g/mol. The average Bonchev–Trinajstić information content (AvgIpc) is 3.28. The van der Waals surface area contributed by atoms with Crippen LogP contribution in [0.2, 0.25) is 5.02 Å². The van der Waals surface area contributed by atoms with Gasteiger partial charge in [0.25, 0.3) is 5.91 Å². The normalized spacial score (nSPS) is 17.0. The summed E-state index contributed by atoms with van der Waals surface area (Å²) in [5.41, 5.74) is 3.56. The molecule has 3 aromatic carbocycles. The van der Waals surface area contributed by atoms with Crippen LogP contribution in [0.5, 0.6) is 11.5 Å². The summed E-state index contributed by atoms with van der Waals surface area (Å²) in [5, 5.41) is 4.14. The fourth-order valence-electron chi connectivity index (χ4n) is 3.63. The van der Waals surface area contributed by atoms with Gasteiger partial charge in [-0.2, -0.15) is 0 Å². The fraction of sp³-hybridized carbons (Fsp3) is 0.136. The summed E-state index contributed by atoms with van der Waals surface area (Å²) in [6.07, 6.45) is -0.268. The predicted octanol–water partition coefficient (Wildman–Crippen LogP) is 4.84. The molecule has 0 aromatic heterocycles. The van der Waals surface area contributed by atoms with Crippen LogP contribution in [0.1, 0.15) is 27.7 Å². The van der Waals surface area contributed by atoms with Crippen LogP contribution in [0.3, 0.4) is 0 Å². The van der Waals surface area contributed by atoms with Crippen LogP contribution in [0, 0.1) is 0 Å². The number of ether oxygens (including phenoxy) is 2. The van der Waals surface area contributed by atoms with Crippen molar-refractivity contribution in [2.24, 2.45) is 0 Å². The number of fused-ring (bicyclic) bond motifs is 2. The van der Waals surface area contributed by atoms with Crippen LogP contribution in [0.15, 0.2) is 66.7 Å². The standard InChI is InChI=1S/C22H17ClN2O3/c23-15-6-8-16(9-7-15)24-21-17-3-1-2-4-18(17)22(26)25(21)12-14-5-10-19-20(11-14)28-13-27-19/h1-11,21,24H,12-13H2. The molecule has 3 aromatic rings. The predicted molar refractivity (Wildman–Crippen MR) is 107 cm³/mol. The Bertz CT molecular complexity index is 1050. The maximum absolute atomic E-state index is 13.1. The molecule has 2 aliphatic heterocycles. The zero-order valence-corrected chi connectivity index (χ0v) is 15.6. The largest absolute Gasteiger partial charge is 0.454 e. The van der Waals surface area contributed by atoms with E-state index in [0.29, 0.717) is 17.3 Å². The van der Waals surface area contributed by atoms with Gasteiger partial charge in [0.2, 0.25) is 6.79 Å². The molecule has 0 fully saturated rings. The maximum atomic E-state index is 13.1. The van der Waals surface area contributed by atoms with Gasteiger partial charge in [-0.05, 0) is 48.0 Å². The van der Waals surface area contributed by atoms with E-state index >= 15 is 0 Å². The molecule has 1 amide bonds. The van der Waals surface area contributed by atoms with Crippen molar-refractivity contribution < 1.29 is 14.3 Å². The minimum absolute atomic E-state index is 0.000250. The van der Waals surface area contributed by atoms with Gasteiger partial charge in [0.15, 0.2) is 11.5 Å². The second-order valence-electron chi connectivity index (χ2n) is 6.76. The van der Waals surface area contributed by atoms with Gasteiger partial charge in [-0.15, -0.1) is 0 Å². The molecule has 2 aliphatic rings. The quantitative estimate of drug-likeness (QED) is 0.690. The van der Waals surface area contributed by atoms with Gasteiger partial charge >= 0.3 is 0 Å². The molecule has 0 spiro atoms. The number of halogens is 1. The lowest BCUT2D eigenvalue weighted by molar-refractivity contribution is 0.0728. The first-order valence-electron chi connectivity index (χ1n) is 8.99. The number of nitrogens with zero attached hydrogens (tertiary/aromatic N) is 1. The van der Waals surface area contributed by atoms with E-state index in [2.05, 4.69) is 5.32 Å². The number of benzene rings is 3. The number of carbonyl (C=O) groups is 1. The third kappa shape index (κ3) is 2.94. The van der Waals surface area contributed by atoms with E-state index in [1.165, 1.54) is 0 Å². The number of nitrogens with one attached hydrogen (secondary N) is 1. The Morgan fingerprint density at radius 1 is 1.00 bits per heavy atom. The Balaban J connectivity index is 1.47. The molecule has 1 N–H and O–H groups in total. The summed E-state index contributed by atoms with van der Waals surface area (Å²) < 4.78 is 10.9. The van der Waals surface area contributed by atoms with E-state index in [-0.39, 0.29) is 18.9 Å². The lowest BCUT2D eigenvalue weighted by Crippen LogP contribution is -2.31. The highest BCUT2D eigenvalue weighted by molar-refractivity contribution is 6.30. The zero-order chi connectivity index (χ0) is 19.1. The molecule has 1 unspecified atom stereocenters. The minimum atomic E-state index is -0.268. The first-order valence-corrected chi connectivity index (χ1v) is 9.37. The zero-order valence-electron chi connectivity index (χ0n) is 14.9. The van der Waals surface area contributed by atoms with Crippen molar-refractivity contribution in [2.75, 3.05) is 12.1 Å². The first kappa shape index (κ1) is 17.0. The van der Waals surface area contributed by atoms with Crippen molar-refractivity contribution >= 4 is 23.2 Å². The lowest BCUT2D eigenvalue weighted by Gasteiger charge is -2.27. The smallest absolute Gasteiger partial charge is 0.256 e. The Morgan fingerprint density at radius 2 is 1.79 bits per heavy atom. The first-order chi connectivity index (χ1) is 13.7. The lowest BCUT2D eigenvalue weighted by atomic mass is 10.1. The molecule has 0 saturated carbocycles. The highest BCUT2D eigenvalue weighted by Gasteiger charge is 2.36. The van der Waals surface area contributed by atoms with Crippen LogP contribution in [0.25, 0.3) is 0 Å². The summed E-state index contributed by atoms with van der Waals surface area (Å²) in [7, 11) is 0. The number of hydrogen-bond acceptors (Lipinski definition) is 4. The second-order valence-corrected chi connectivity index (χ2v) is 7.20. The molecule has 0 bridgehead atoms. The maximum Gasteiger partial charge on any atom is 0.256 e. The number of rotatable bonds is 4. The van der Waals surface area contributed by atoms with Crippen LogP contribution in [0.4, 0.5) is 5.69 Å². The van der Waals surface area contributed by atoms with Crippen LogP contribution < -0.4 is 14.8 Å². The van der Waals surface area contributed by atoms with Gasteiger partial charge in [0.1, 0.15) is 6.17 Å². The monoisotopic (exact) mass is 392 g/mol. The molecule has 5 nitrogen and oxygen atoms in total. The van der Waals surface area contributed by atoms with E-state index in [4.69, 9.17) is 21.1 Å². The molecule has 6 heteroatoms. The molecule has 28 heavy (non-hydrogen) atoms. The molecule has 0 radical (unpaired) electrons. The third-order valence-corrected chi connectivity index (χ3v) is 5.25. The van der Waals surface area contributed by atoms with Gasteiger partial charge < -0.3 is 19.7 Å². The van der Waals surface area contributed by atoms with Gasteiger partial charge in [-0.3, -0.25) is 4.79 Å². The third-order valence-electron chi connectivity index (χ3n) is 5.00. The molecule has 2 heterocycles. The van der Waals surface area contributed by atoms with Crippen molar-refractivity contribution in [3.05, 3.63) is 88.4 Å². The van der Waals surface area contributed by atoms with Gasteiger partial charge in [0, 0.05) is 28.4 Å². The highest BCUT2D eigenvalue weighted by atomic mass is 35.5. The van der Waals surface area contributed by atoms with Crippen LogP contribution >= 0.6 is 11.6 Å². The molecule has 1 atom stereocenters. The van der Waals surface area contributed by atoms with Crippen molar-refractivity contribution in [3.63, 3.8) is 0 Å². The fourth-order valence-corrected chi connectivity index (χ4v) is 3.75. The van der Waals surface area contributed by atoms with E-state index in [9.17, 15) is 4.79 Å². The summed E-state index contributed by atoms with van der Waals surface area (Å²) in [6, 6.07) is 20.9. The Kier molecular flexibility index (Phi) is 4.10. The van der Waals surface area contributed by atoms with E-state index < -0.39 is 0 Å².